The fourth-order valence-electron chi connectivity index (χ4n) is 1.39. The summed E-state index contributed by atoms with van der Waals surface area (Å²) in [7, 11) is -3.70. The van der Waals surface area contributed by atoms with Crippen LogP contribution in [0.5, 0.6) is 0 Å². The van der Waals surface area contributed by atoms with Gasteiger partial charge in [-0.2, -0.15) is 0 Å². The maximum atomic E-state index is 11.2. The molecule has 5 nitrogen and oxygen atoms in total. The molecular weight excluding hydrogens is 202 g/mol. The molecule has 0 fully saturated rings. The second-order valence-electron chi connectivity index (χ2n) is 2.97. The van der Waals surface area contributed by atoms with Gasteiger partial charge in [0.05, 0.1) is 11.7 Å². The zero-order valence-corrected chi connectivity index (χ0v) is 8.32. The molecule has 2 rings (SSSR count). The Bertz CT molecular complexity index is 586. The molecule has 0 aromatic carbocycles. The van der Waals surface area contributed by atoms with Gasteiger partial charge in [0.25, 0.3) is 10.0 Å². The fraction of sp³-hybridized carbons (Fsp3) is 0.125. The van der Waals surface area contributed by atoms with Crippen LogP contribution < -0.4 is 5.14 Å². The van der Waals surface area contributed by atoms with E-state index < -0.39 is 10.0 Å². The number of aryl methyl sites for hydroxylation is 1. The fourth-order valence-corrected chi connectivity index (χ4v) is 2.15. The van der Waals surface area contributed by atoms with Crippen LogP contribution >= 0.6 is 0 Å². The van der Waals surface area contributed by atoms with Crippen molar-refractivity contribution >= 4 is 15.5 Å². The lowest BCUT2D eigenvalue weighted by atomic mass is 10.4. The molecule has 0 amide bonds. The molecule has 0 unspecified atom stereocenters. The van der Waals surface area contributed by atoms with Crippen molar-refractivity contribution in [1.29, 1.82) is 0 Å². The highest BCUT2D eigenvalue weighted by Crippen LogP contribution is 2.13. The topological polar surface area (TPSA) is 77.5 Å². The standard InChI is InChI=1S/C8H9N3O2S/c1-6-10-5-7-3-2-4-8(11(6)7)14(9,12)13/h2-5H,1H3,(H2,9,12,13). The van der Waals surface area contributed by atoms with Gasteiger partial charge in [0, 0.05) is 0 Å². The summed E-state index contributed by atoms with van der Waals surface area (Å²) in [4.78, 5) is 4.01. The summed E-state index contributed by atoms with van der Waals surface area (Å²) in [6.07, 6.45) is 1.60. The van der Waals surface area contributed by atoms with Crippen LogP contribution in [0.25, 0.3) is 5.52 Å². The molecule has 0 atom stereocenters. The largest absolute Gasteiger partial charge is 0.286 e. The van der Waals surface area contributed by atoms with E-state index in [2.05, 4.69) is 4.98 Å². The van der Waals surface area contributed by atoms with Gasteiger partial charge >= 0.3 is 0 Å². The van der Waals surface area contributed by atoms with Crippen molar-refractivity contribution in [3.63, 3.8) is 0 Å². The van der Waals surface area contributed by atoms with Gasteiger partial charge in [-0.15, -0.1) is 0 Å². The molecule has 14 heavy (non-hydrogen) atoms. The van der Waals surface area contributed by atoms with Gasteiger partial charge < -0.3 is 0 Å². The van der Waals surface area contributed by atoms with E-state index in [0.29, 0.717) is 11.3 Å². The van der Waals surface area contributed by atoms with Gasteiger partial charge in [-0.1, -0.05) is 6.07 Å². The van der Waals surface area contributed by atoms with E-state index in [9.17, 15) is 8.42 Å². The van der Waals surface area contributed by atoms with E-state index in [4.69, 9.17) is 5.14 Å². The van der Waals surface area contributed by atoms with Crippen LogP contribution in [0, 0.1) is 6.92 Å². The predicted molar refractivity (Wildman–Crippen MR) is 51.3 cm³/mol. The maximum Gasteiger partial charge on any atom is 0.254 e. The summed E-state index contributed by atoms with van der Waals surface area (Å²) in [5.41, 5.74) is 0.717. The van der Waals surface area contributed by atoms with Crippen molar-refractivity contribution in [3.8, 4) is 0 Å². The molecule has 0 spiro atoms. The summed E-state index contributed by atoms with van der Waals surface area (Å²) < 4.78 is 24.0. The van der Waals surface area contributed by atoms with Crippen LogP contribution in [0.4, 0.5) is 0 Å². The lowest BCUT2D eigenvalue weighted by Crippen LogP contribution is -2.16. The molecule has 74 valence electrons. The normalized spacial score (nSPS) is 12.1. The first kappa shape index (κ1) is 9.17. The highest BCUT2D eigenvalue weighted by atomic mass is 32.2. The van der Waals surface area contributed by atoms with Gasteiger partial charge in [-0.05, 0) is 19.1 Å². The van der Waals surface area contributed by atoms with Crippen molar-refractivity contribution in [2.45, 2.75) is 11.9 Å². The molecule has 0 saturated carbocycles. The van der Waals surface area contributed by atoms with Crippen molar-refractivity contribution in [2.75, 3.05) is 0 Å². The number of imidazole rings is 1. The lowest BCUT2D eigenvalue weighted by Gasteiger charge is -2.03. The van der Waals surface area contributed by atoms with E-state index in [1.165, 1.54) is 10.5 Å². The van der Waals surface area contributed by atoms with E-state index in [1.807, 2.05) is 0 Å². The Balaban J connectivity index is 2.96. The third-order valence-corrected chi connectivity index (χ3v) is 2.88. The Morgan fingerprint density at radius 3 is 2.79 bits per heavy atom. The molecule has 0 aliphatic carbocycles. The molecule has 6 heteroatoms. The van der Waals surface area contributed by atoms with Crippen molar-refractivity contribution in [3.05, 3.63) is 30.2 Å². The van der Waals surface area contributed by atoms with Crippen LogP contribution in [0.2, 0.25) is 0 Å². The summed E-state index contributed by atoms with van der Waals surface area (Å²) >= 11 is 0. The average molecular weight is 211 g/mol. The summed E-state index contributed by atoms with van der Waals surface area (Å²) in [5, 5.41) is 5.13. The highest BCUT2D eigenvalue weighted by molar-refractivity contribution is 7.89. The molecule has 0 bridgehead atoms. The third-order valence-electron chi connectivity index (χ3n) is 1.98. The smallest absolute Gasteiger partial charge is 0.254 e. The van der Waals surface area contributed by atoms with Gasteiger partial charge in [0.2, 0.25) is 0 Å². The van der Waals surface area contributed by atoms with Gasteiger partial charge in [-0.25, -0.2) is 18.5 Å². The van der Waals surface area contributed by atoms with Crippen LogP contribution in [0.1, 0.15) is 5.82 Å². The van der Waals surface area contributed by atoms with Gasteiger partial charge in [0.15, 0.2) is 5.03 Å². The highest BCUT2D eigenvalue weighted by Gasteiger charge is 2.13. The Morgan fingerprint density at radius 2 is 2.14 bits per heavy atom. The number of aromatic nitrogens is 2. The number of sulfonamides is 1. The van der Waals surface area contributed by atoms with Gasteiger partial charge in [0.1, 0.15) is 5.82 Å². The number of pyridine rings is 1. The van der Waals surface area contributed by atoms with Crippen LogP contribution in [0.15, 0.2) is 29.4 Å². The summed E-state index contributed by atoms with van der Waals surface area (Å²) in [5.74, 6) is 0.602. The molecule has 2 heterocycles. The number of nitrogens with zero attached hydrogens (tertiary/aromatic N) is 2. The number of primary sulfonamides is 1. The first-order chi connectivity index (χ1) is 6.50. The van der Waals surface area contributed by atoms with Crippen LogP contribution in [-0.2, 0) is 10.0 Å². The average Bonchev–Trinajstić information content (AvgIpc) is 2.46. The van der Waals surface area contributed by atoms with E-state index in [-0.39, 0.29) is 5.03 Å². The zero-order valence-electron chi connectivity index (χ0n) is 7.51. The minimum Gasteiger partial charge on any atom is -0.286 e. The zero-order chi connectivity index (χ0) is 10.3. The molecule has 0 aliphatic rings. The monoisotopic (exact) mass is 211 g/mol. The summed E-state index contributed by atoms with van der Waals surface area (Å²) in [6.45, 7) is 1.72. The number of rotatable bonds is 1. The van der Waals surface area contributed by atoms with Crippen LogP contribution in [-0.4, -0.2) is 17.8 Å². The number of fused-ring (bicyclic) bond motifs is 1. The van der Waals surface area contributed by atoms with Crippen LogP contribution in [0.3, 0.4) is 0 Å². The minimum atomic E-state index is -3.70. The van der Waals surface area contributed by atoms with Gasteiger partial charge in [-0.3, -0.25) is 4.40 Å². The molecule has 2 N–H and O–H groups in total. The number of nitrogens with two attached hydrogens (primary N) is 1. The molecule has 0 aliphatic heterocycles. The van der Waals surface area contributed by atoms with E-state index in [0.717, 1.165) is 0 Å². The number of hydrogen-bond donors (Lipinski definition) is 1. The number of hydrogen-bond acceptors (Lipinski definition) is 3. The van der Waals surface area contributed by atoms with Crippen molar-refractivity contribution < 1.29 is 8.42 Å². The van der Waals surface area contributed by atoms with E-state index >= 15 is 0 Å². The second-order valence-corrected chi connectivity index (χ2v) is 4.48. The van der Waals surface area contributed by atoms with Crippen molar-refractivity contribution in [1.82, 2.24) is 9.38 Å². The second kappa shape index (κ2) is 2.79. The molecule has 2 aromatic heterocycles. The summed E-state index contributed by atoms with van der Waals surface area (Å²) in [6, 6.07) is 4.86. The molecule has 0 radical (unpaired) electrons. The maximum absolute atomic E-state index is 11.2. The Labute approximate surface area is 81.2 Å². The third kappa shape index (κ3) is 1.28. The molecular formula is C8H9N3O2S. The van der Waals surface area contributed by atoms with E-state index in [1.54, 1.807) is 25.3 Å². The van der Waals surface area contributed by atoms with Crippen molar-refractivity contribution in [2.24, 2.45) is 5.14 Å². The lowest BCUT2D eigenvalue weighted by molar-refractivity contribution is 0.591. The first-order valence-electron chi connectivity index (χ1n) is 3.96. The predicted octanol–water partition coefficient (Wildman–Crippen LogP) is 0.290. The Hall–Kier alpha value is -1.40. The quantitative estimate of drug-likeness (QED) is 0.736. The Kier molecular flexibility index (Phi) is 1.83. The molecule has 0 saturated heterocycles. The molecule has 2 aromatic rings. The SMILES string of the molecule is Cc1ncc2cccc(S(N)(=O)=O)n12. The Morgan fingerprint density at radius 1 is 1.43 bits per heavy atom. The first-order valence-corrected chi connectivity index (χ1v) is 5.50. The minimum absolute atomic E-state index is 0.0602.